The molecule has 1 amide bonds. The summed E-state index contributed by atoms with van der Waals surface area (Å²) in [6.45, 7) is 1.41. The summed E-state index contributed by atoms with van der Waals surface area (Å²) in [4.78, 5) is 26.3. The van der Waals surface area contributed by atoms with Crippen molar-refractivity contribution < 1.29 is 19.1 Å². The average Bonchev–Trinajstić information content (AvgIpc) is 2.78. The third kappa shape index (κ3) is 3.47. The molecule has 0 aliphatic carbocycles. The number of aliphatic carboxylic acids is 1. The maximum Gasteiger partial charge on any atom is 0.325 e. The standard InChI is InChI=1S/C12H12N2O4S/c1-7(11(16)17)13-10(15)6-19-12-14-8-4-2-3-5-9(8)18-12/h2-5,7H,6H2,1H3,(H,13,15)(H,16,17). The summed E-state index contributed by atoms with van der Waals surface area (Å²) in [6, 6.07) is 6.38. The molecule has 0 aliphatic rings. The largest absolute Gasteiger partial charge is 0.480 e. The third-order valence-electron chi connectivity index (χ3n) is 2.35. The number of carbonyl (C=O) groups excluding carboxylic acids is 1. The van der Waals surface area contributed by atoms with Crippen molar-refractivity contribution in [2.45, 2.75) is 18.2 Å². The van der Waals surface area contributed by atoms with Crippen molar-refractivity contribution in [3.63, 3.8) is 0 Å². The van der Waals surface area contributed by atoms with Crippen LogP contribution in [0.1, 0.15) is 6.92 Å². The van der Waals surface area contributed by atoms with Gasteiger partial charge < -0.3 is 14.8 Å². The van der Waals surface area contributed by atoms with Crippen molar-refractivity contribution in [3.05, 3.63) is 24.3 Å². The van der Waals surface area contributed by atoms with Crippen LogP contribution < -0.4 is 5.32 Å². The van der Waals surface area contributed by atoms with Crippen LogP contribution in [0.4, 0.5) is 0 Å². The van der Waals surface area contributed by atoms with E-state index in [1.54, 1.807) is 6.07 Å². The van der Waals surface area contributed by atoms with E-state index in [-0.39, 0.29) is 11.7 Å². The number of carboxylic acids is 1. The fraction of sp³-hybridized carbons (Fsp3) is 0.250. The smallest absolute Gasteiger partial charge is 0.325 e. The number of nitrogens with zero attached hydrogens (tertiary/aromatic N) is 1. The SMILES string of the molecule is CC(NC(=O)CSc1nc2ccccc2o1)C(=O)O. The van der Waals surface area contributed by atoms with Crippen molar-refractivity contribution in [3.8, 4) is 0 Å². The van der Waals surface area contributed by atoms with Gasteiger partial charge in [-0.25, -0.2) is 4.98 Å². The van der Waals surface area contributed by atoms with Crippen LogP contribution in [0.15, 0.2) is 33.9 Å². The zero-order valence-electron chi connectivity index (χ0n) is 10.1. The van der Waals surface area contributed by atoms with E-state index in [4.69, 9.17) is 9.52 Å². The number of rotatable bonds is 5. The Bertz CT molecular complexity index is 578. The highest BCUT2D eigenvalue weighted by molar-refractivity contribution is 7.99. The van der Waals surface area contributed by atoms with Crippen molar-refractivity contribution in [1.29, 1.82) is 0 Å². The van der Waals surface area contributed by atoms with Crippen LogP contribution in [0.25, 0.3) is 11.1 Å². The van der Waals surface area contributed by atoms with Gasteiger partial charge in [0.15, 0.2) is 5.58 Å². The summed E-state index contributed by atoms with van der Waals surface area (Å²) in [6.07, 6.45) is 0. The second-order valence-corrected chi connectivity index (χ2v) is 4.79. The van der Waals surface area contributed by atoms with Crippen LogP contribution in [-0.4, -0.2) is 33.8 Å². The molecule has 0 radical (unpaired) electrons. The van der Waals surface area contributed by atoms with Crippen LogP contribution in [0.2, 0.25) is 0 Å². The van der Waals surface area contributed by atoms with Gasteiger partial charge in [-0.15, -0.1) is 0 Å². The first kappa shape index (κ1) is 13.4. The number of para-hydroxylation sites is 2. The number of nitrogens with one attached hydrogen (secondary N) is 1. The Kier molecular flexibility index (Phi) is 4.06. The van der Waals surface area contributed by atoms with E-state index >= 15 is 0 Å². The molecule has 0 bridgehead atoms. The van der Waals surface area contributed by atoms with E-state index in [1.165, 1.54) is 6.92 Å². The Morgan fingerprint density at radius 2 is 2.21 bits per heavy atom. The van der Waals surface area contributed by atoms with Crippen molar-refractivity contribution in [2.75, 3.05) is 5.75 Å². The molecule has 0 spiro atoms. The van der Waals surface area contributed by atoms with Gasteiger partial charge in [0.1, 0.15) is 11.6 Å². The van der Waals surface area contributed by atoms with Gasteiger partial charge in [-0.05, 0) is 19.1 Å². The molecule has 100 valence electrons. The van der Waals surface area contributed by atoms with E-state index in [0.717, 1.165) is 17.3 Å². The highest BCUT2D eigenvalue weighted by atomic mass is 32.2. The van der Waals surface area contributed by atoms with Crippen LogP contribution in [-0.2, 0) is 9.59 Å². The number of hydrogen-bond donors (Lipinski definition) is 2. The molecule has 1 unspecified atom stereocenters. The topological polar surface area (TPSA) is 92.4 Å². The zero-order valence-corrected chi connectivity index (χ0v) is 10.9. The van der Waals surface area contributed by atoms with Crippen molar-refractivity contribution in [1.82, 2.24) is 10.3 Å². The van der Waals surface area contributed by atoms with Gasteiger partial charge in [0.05, 0.1) is 5.75 Å². The van der Waals surface area contributed by atoms with Crippen LogP contribution in [0.5, 0.6) is 0 Å². The molecule has 1 aromatic heterocycles. The molecule has 1 atom stereocenters. The third-order valence-corrected chi connectivity index (χ3v) is 3.18. The summed E-state index contributed by atoms with van der Waals surface area (Å²) >= 11 is 1.13. The number of hydrogen-bond acceptors (Lipinski definition) is 5. The Morgan fingerprint density at radius 1 is 1.47 bits per heavy atom. The van der Waals surface area contributed by atoms with Gasteiger partial charge in [0, 0.05) is 0 Å². The highest BCUT2D eigenvalue weighted by Gasteiger charge is 2.15. The molecule has 0 saturated carbocycles. The molecule has 0 saturated heterocycles. The number of carboxylic acid groups (broad SMARTS) is 1. The number of amides is 1. The van der Waals surface area contributed by atoms with Crippen molar-refractivity contribution in [2.24, 2.45) is 0 Å². The zero-order chi connectivity index (χ0) is 13.8. The number of thioether (sulfide) groups is 1. The van der Waals surface area contributed by atoms with E-state index in [1.807, 2.05) is 18.2 Å². The number of oxazole rings is 1. The van der Waals surface area contributed by atoms with Crippen LogP contribution in [0, 0.1) is 0 Å². The minimum atomic E-state index is -1.07. The first-order valence-corrected chi connectivity index (χ1v) is 6.55. The maximum atomic E-state index is 11.5. The van der Waals surface area contributed by atoms with Gasteiger partial charge in [-0.3, -0.25) is 9.59 Å². The lowest BCUT2D eigenvalue weighted by molar-refractivity contribution is -0.140. The summed E-state index contributed by atoms with van der Waals surface area (Å²) < 4.78 is 5.43. The second kappa shape index (κ2) is 5.75. The van der Waals surface area contributed by atoms with Gasteiger partial charge in [-0.2, -0.15) is 0 Å². The van der Waals surface area contributed by atoms with Gasteiger partial charge in [0.25, 0.3) is 5.22 Å². The van der Waals surface area contributed by atoms with E-state index in [9.17, 15) is 9.59 Å². The summed E-state index contributed by atoms with van der Waals surface area (Å²) in [7, 11) is 0. The fourth-order valence-electron chi connectivity index (χ4n) is 1.38. The first-order chi connectivity index (χ1) is 9.06. The lowest BCUT2D eigenvalue weighted by Crippen LogP contribution is -2.39. The molecule has 0 fully saturated rings. The Morgan fingerprint density at radius 3 is 2.89 bits per heavy atom. The molecular formula is C12H12N2O4S. The molecule has 19 heavy (non-hydrogen) atoms. The average molecular weight is 280 g/mol. The molecule has 7 heteroatoms. The normalized spacial score (nSPS) is 12.3. The predicted molar refractivity (Wildman–Crippen MR) is 70.0 cm³/mol. The minimum absolute atomic E-state index is 0.0600. The number of benzene rings is 1. The van der Waals surface area contributed by atoms with Crippen LogP contribution >= 0.6 is 11.8 Å². The summed E-state index contributed by atoms with van der Waals surface area (Å²) in [5.41, 5.74) is 1.38. The molecule has 1 aromatic carbocycles. The minimum Gasteiger partial charge on any atom is -0.480 e. The lowest BCUT2D eigenvalue weighted by Gasteiger charge is -2.07. The molecule has 6 nitrogen and oxygen atoms in total. The molecular weight excluding hydrogens is 268 g/mol. The number of fused-ring (bicyclic) bond motifs is 1. The van der Waals surface area contributed by atoms with Gasteiger partial charge >= 0.3 is 5.97 Å². The quantitative estimate of drug-likeness (QED) is 0.806. The number of carbonyl (C=O) groups is 2. The Labute approximate surface area is 113 Å². The summed E-state index contributed by atoms with van der Waals surface area (Å²) in [5, 5.41) is 11.4. The van der Waals surface area contributed by atoms with Crippen LogP contribution in [0.3, 0.4) is 0 Å². The molecule has 2 aromatic rings. The lowest BCUT2D eigenvalue weighted by atomic mass is 10.3. The Balaban J connectivity index is 1.91. The molecule has 0 aliphatic heterocycles. The van der Waals surface area contributed by atoms with E-state index in [0.29, 0.717) is 10.8 Å². The summed E-state index contributed by atoms with van der Waals surface area (Å²) in [5.74, 6) is -1.38. The van der Waals surface area contributed by atoms with Gasteiger partial charge in [-0.1, -0.05) is 23.9 Å². The van der Waals surface area contributed by atoms with E-state index in [2.05, 4.69) is 10.3 Å². The fourth-order valence-corrected chi connectivity index (χ4v) is 2.03. The molecule has 2 rings (SSSR count). The highest BCUT2D eigenvalue weighted by Crippen LogP contribution is 2.22. The Hall–Kier alpha value is -2.02. The maximum absolute atomic E-state index is 11.5. The van der Waals surface area contributed by atoms with E-state index < -0.39 is 12.0 Å². The first-order valence-electron chi connectivity index (χ1n) is 5.57. The second-order valence-electron chi connectivity index (χ2n) is 3.86. The predicted octanol–water partition coefficient (Wildman–Crippen LogP) is 1.51. The van der Waals surface area contributed by atoms with Gasteiger partial charge in [0.2, 0.25) is 5.91 Å². The molecule has 2 N–H and O–H groups in total. The monoisotopic (exact) mass is 280 g/mol. The number of aromatic nitrogens is 1. The van der Waals surface area contributed by atoms with Crippen molar-refractivity contribution >= 4 is 34.7 Å². The molecule has 1 heterocycles.